The van der Waals surface area contributed by atoms with Crippen LogP contribution in [0.5, 0.6) is 11.5 Å². The number of aliphatic hydroxyl groups excluding tert-OH is 1. The third-order valence-corrected chi connectivity index (χ3v) is 7.61. The number of benzene rings is 3. The second-order valence-electron chi connectivity index (χ2n) is 11.4. The van der Waals surface area contributed by atoms with E-state index in [1.807, 2.05) is 13.8 Å². The Hall–Kier alpha value is -2.68. The number of rotatable bonds is 12. The maximum absolute atomic E-state index is 14.2. The molecule has 1 heterocycles. The number of anilines is 1. The summed E-state index contributed by atoms with van der Waals surface area (Å²) in [7, 11) is 3.03. The van der Waals surface area contributed by atoms with Gasteiger partial charge >= 0.3 is 5.97 Å². The van der Waals surface area contributed by atoms with E-state index >= 15 is 0 Å². The summed E-state index contributed by atoms with van der Waals surface area (Å²) in [6.45, 7) is 3.84. The Morgan fingerprint density at radius 2 is 1.71 bits per heavy atom. The van der Waals surface area contributed by atoms with Gasteiger partial charge in [-0.25, -0.2) is 0 Å². The Balaban J connectivity index is 0.00000552. The molecule has 0 aliphatic carbocycles. The number of aliphatic hydroxyl groups is 1. The molecule has 0 unspecified atom stereocenters. The van der Waals surface area contributed by atoms with Crippen LogP contribution in [0, 0.1) is 49.5 Å². The number of nitrogens with zero attached hydrogens (tertiary/aromatic N) is 1. The number of para-hydroxylation sites is 1. The van der Waals surface area contributed by atoms with Gasteiger partial charge in [-0.05, 0) is 35.4 Å². The normalized spacial score (nSPS) is 16.2. The number of halogens is 1. The van der Waals surface area contributed by atoms with E-state index in [4.69, 9.17) is 30.9 Å². The van der Waals surface area contributed by atoms with E-state index < -0.39 is 35.4 Å². The number of fused-ring (bicyclic) bond motifs is 1. The van der Waals surface area contributed by atoms with E-state index in [0.29, 0.717) is 38.9 Å². The number of nitrogens with one attached hydrogen (secondary N) is 1. The summed E-state index contributed by atoms with van der Waals surface area (Å²) in [5.41, 5.74) is 2.47. The summed E-state index contributed by atoms with van der Waals surface area (Å²) in [5.74, 6) is -0.899. The van der Waals surface area contributed by atoms with Crippen molar-refractivity contribution in [3.63, 3.8) is 0 Å². The van der Waals surface area contributed by atoms with Crippen LogP contribution in [0.4, 0.5) is 5.69 Å². The van der Waals surface area contributed by atoms with Crippen LogP contribution in [0.1, 0.15) is 48.6 Å². The molecule has 2 amide bonds. The summed E-state index contributed by atoms with van der Waals surface area (Å²) < 4.78 is 17.8. The van der Waals surface area contributed by atoms with Crippen molar-refractivity contribution in [3.05, 3.63) is 87.9 Å². The molecular formula is C33H37AcClN2O8. The summed E-state index contributed by atoms with van der Waals surface area (Å²) in [6.07, 6.45) is -2.44. The first-order chi connectivity index (χ1) is 21.0. The smallest absolute Gasteiger partial charge is 0.307 e. The molecule has 3 N–H and O–H groups in total. The molecular weight excluding hydrogens is 815 g/mol. The zero-order valence-electron chi connectivity index (χ0n) is 25.7. The molecule has 0 spiro atoms. The number of carboxylic acids is 1. The van der Waals surface area contributed by atoms with Gasteiger partial charge in [-0.2, -0.15) is 0 Å². The van der Waals surface area contributed by atoms with E-state index in [9.17, 15) is 19.5 Å². The predicted octanol–water partition coefficient (Wildman–Crippen LogP) is 4.53. The average Bonchev–Trinajstić information content (AvgIpc) is 3.10. The van der Waals surface area contributed by atoms with E-state index in [-0.39, 0.29) is 76.6 Å². The van der Waals surface area contributed by atoms with Gasteiger partial charge in [0.05, 0.1) is 27.1 Å². The van der Waals surface area contributed by atoms with Crippen LogP contribution in [-0.2, 0) is 32.1 Å². The number of carbonyl (C=O) groups is 3. The number of aliphatic carboxylic acids is 1. The molecule has 1 radical (unpaired) electrons. The Kier molecular flexibility index (Phi) is 13.3. The summed E-state index contributed by atoms with van der Waals surface area (Å²) >= 11 is 6.47. The van der Waals surface area contributed by atoms with Gasteiger partial charge in [-0.15, -0.1) is 0 Å². The van der Waals surface area contributed by atoms with E-state index in [2.05, 4.69) is 5.32 Å². The summed E-state index contributed by atoms with van der Waals surface area (Å²) in [6, 6.07) is 17.4. The molecule has 4 rings (SSSR count). The van der Waals surface area contributed by atoms with Crippen LogP contribution in [0.25, 0.3) is 0 Å². The Bertz CT molecular complexity index is 1520. The minimum Gasteiger partial charge on any atom is -0.493 e. The molecule has 0 saturated carbocycles. The monoisotopic (exact) mass is 851 g/mol. The second-order valence-corrected chi connectivity index (χ2v) is 11.8. The number of ether oxygens (including phenoxy) is 3. The molecule has 12 heteroatoms. The number of carboxylic acid groups (broad SMARTS) is 1. The van der Waals surface area contributed by atoms with Gasteiger partial charge in [0.2, 0.25) is 5.91 Å². The molecule has 3 aromatic carbocycles. The minimum absolute atomic E-state index is 0. The molecule has 1 aliphatic heterocycles. The van der Waals surface area contributed by atoms with Crippen molar-refractivity contribution in [2.24, 2.45) is 5.41 Å². The Morgan fingerprint density at radius 3 is 2.33 bits per heavy atom. The zero-order valence-corrected chi connectivity index (χ0v) is 31.2. The molecule has 0 saturated heterocycles. The fourth-order valence-electron chi connectivity index (χ4n) is 5.10. The molecule has 0 bridgehead atoms. The topological polar surface area (TPSA) is 135 Å². The number of hydrogen-bond donors (Lipinski definition) is 3. The van der Waals surface area contributed by atoms with Gasteiger partial charge in [0.25, 0.3) is 5.91 Å². The molecule has 1 aliphatic rings. The van der Waals surface area contributed by atoms with Crippen molar-refractivity contribution >= 4 is 35.1 Å². The van der Waals surface area contributed by atoms with Gasteiger partial charge < -0.3 is 34.6 Å². The third-order valence-electron chi connectivity index (χ3n) is 7.37. The largest absolute Gasteiger partial charge is 0.493 e. The number of hydrogen-bond acceptors (Lipinski definition) is 7. The molecule has 45 heavy (non-hydrogen) atoms. The standard InChI is InChI=1S/C33H37ClN2O8.Ac/c1-33(2,19-37)18-36-25-13-12-22(34)15-24(25)30(23-6-5-7-26(42-3)31(23)43-4)44-27(32(36)41)16-28(38)35-17-21-10-8-20(9-11-21)14-29(39)40;/h5-13,15,27,30,37H,14,16-19H2,1-4H3,(H,35,38)(H,39,40);/t27-,30-;/m1./s1. The number of carbonyl (C=O) groups excluding carboxylic acids is 2. The fraction of sp³-hybridized carbons (Fsp3) is 0.364. The number of methoxy groups -OCH3 is 2. The second kappa shape index (κ2) is 16.2. The van der Waals surface area contributed by atoms with Gasteiger partial charge in [0, 0.05) is 91.0 Å². The maximum Gasteiger partial charge on any atom is 0.307 e. The fourth-order valence-corrected chi connectivity index (χ4v) is 5.28. The van der Waals surface area contributed by atoms with E-state index in [0.717, 1.165) is 5.56 Å². The minimum atomic E-state index is -1.20. The number of amides is 2. The Labute approximate surface area is 303 Å². The molecule has 0 fully saturated rings. The quantitative estimate of drug-likeness (QED) is 0.242. The van der Waals surface area contributed by atoms with Gasteiger partial charge in [0.1, 0.15) is 12.2 Å². The molecule has 10 nitrogen and oxygen atoms in total. The van der Waals surface area contributed by atoms with E-state index in [1.165, 1.54) is 14.2 Å². The van der Waals surface area contributed by atoms with Crippen molar-refractivity contribution < 1.29 is 82.9 Å². The first kappa shape index (κ1) is 36.8. The van der Waals surface area contributed by atoms with Crippen LogP contribution in [-0.4, -0.2) is 61.5 Å². The molecule has 237 valence electrons. The van der Waals surface area contributed by atoms with Gasteiger partial charge in [-0.1, -0.05) is 61.8 Å². The predicted molar refractivity (Wildman–Crippen MR) is 165 cm³/mol. The van der Waals surface area contributed by atoms with E-state index in [1.54, 1.807) is 65.6 Å². The van der Waals surface area contributed by atoms with Crippen molar-refractivity contribution in [3.8, 4) is 11.5 Å². The van der Waals surface area contributed by atoms with Crippen molar-refractivity contribution in [1.82, 2.24) is 5.32 Å². The molecule has 0 aromatic heterocycles. The van der Waals surface area contributed by atoms with Gasteiger partial charge in [0.15, 0.2) is 11.5 Å². The third kappa shape index (κ3) is 9.20. The van der Waals surface area contributed by atoms with Crippen LogP contribution >= 0.6 is 11.6 Å². The summed E-state index contributed by atoms with van der Waals surface area (Å²) in [4.78, 5) is 39.9. The van der Waals surface area contributed by atoms with Crippen LogP contribution < -0.4 is 19.7 Å². The zero-order chi connectivity index (χ0) is 32.0. The summed E-state index contributed by atoms with van der Waals surface area (Å²) in [5, 5.41) is 22.3. The van der Waals surface area contributed by atoms with Crippen molar-refractivity contribution in [2.75, 3.05) is 32.3 Å². The van der Waals surface area contributed by atoms with Gasteiger partial charge in [-0.3, -0.25) is 14.4 Å². The maximum atomic E-state index is 14.2. The van der Waals surface area contributed by atoms with Crippen LogP contribution in [0.2, 0.25) is 5.02 Å². The first-order valence-corrected chi connectivity index (χ1v) is 14.5. The van der Waals surface area contributed by atoms with Crippen LogP contribution in [0.3, 0.4) is 0 Å². The Morgan fingerprint density at radius 1 is 1.02 bits per heavy atom. The van der Waals surface area contributed by atoms with Crippen molar-refractivity contribution in [1.29, 1.82) is 0 Å². The average molecular weight is 852 g/mol. The molecule has 3 aromatic rings. The van der Waals surface area contributed by atoms with Crippen LogP contribution in [0.15, 0.2) is 60.7 Å². The first-order valence-electron chi connectivity index (χ1n) is 14.1. The molecule has 2 atom stereocenters. The van der Waals surface area contributed by atoms with Crippen molar-refractivity contribution in [2.45, 2.75) is 45.4 Å². The SMILES string of the molecule is COc1cccc([C@H]2O[C@H](CC(=O)NCc3ccc(CC(=O)O)cc3)C(=O)N(CC(C)(C)CO)c3ccc(Cl)cc32)c1OC.[Ac].